The van der Waals surface area contributed by atoms with Crippen LogP contribution in [0.5, 0.6) is 0 Å². The number of nitrogens with two attached hydrogens (primary N) is 1. The van der Waals surface area contributed by atoms with E-state index in [9.17, 15) is 4.79 Å². The Morgan fingerprint density at radius 1 is 1.45 bits per heavy atom. The van der Waals surface area contributed by atoms with Gasteiger partial charge in [-0.05, 0) is 12.1 Å². The molecule has 3 rings (SSSR count). The summed E-state index contributed by atoms with van der Waals surface area (Å²) in [6.07, 6.45) is 1.72. The van der Waals surface area contributed by atoms with E-state index in [4.69, 9.17) is 5.73 Å². The highest BCUT2D eigenvalue weighted by atomic mass is 32.2. The molecule has 104 valence electrons. The minimum atomic E-state index is 0.134. The monoisotopic (exact) mass is 323 g/mol. The summed E-state index contributed by atoms with van der Waals surface area (Å²) in [6, 6.07) is 8.06. The molecule has 1 amide bonds. The van der Waals surface area contributed by atoms with Gasteiger partial charge in [0.05, 0.1) is 21.8 Å². The molecule has 0 saturated carbocycles. The summed E-state index contributed by atoms with van der Waals surface area (Å²) < 4.78 is 0.982. The van der Waals surface area contributed by atoms with Crippen molar-refractivity contribution in [3.63, 3.8) is 0 Å². The van der Waals surface area contributed by atoms with Crippen molar-refractivity contribution in [3.8, 4) is 0 Å². The van der Waals surface area contributed by atoms with Crippen molar-refractivity contribution >= 4 is 51.6 Å². The zero-order valence-electron chi connectivity index (χ0n) is 10.6. The van der Waals surface area contributed by atoms with E-state index in [-0.39, 0.29) is 5.91 Å². The molecule has 7 heteroatoms. The van der Waals surface area contributed by atoms with Gasteiger partial charge in [-0.15, -0.1) is 23.5 Å². The molecular formula is C13H13N3OS3. The first kappa shape index (κ1) is 13.8. The van der Waals surface area contributed by atoms with E-state index in [0.717, 1.165) is 22.2 Å². The minimum Gasteiger partial charge on any atom is -0.375 e. The van der Waals surface area contributed by atoms with Gasteiger partial charge in [-0.2, -0.15) is 0 Å². The fourth-order valence-electron chi connectivity index (χ4n) is 1.98. The Kier molecular flexibility index (Phi) is 4.18. The lowest BCUT2D eigenvalue weighted by Crippen LogP contribution is -2.36. The topological polar surface area (TPSA) is 59.2 Å². The second-order valence-corrected chi connectivity index (χ2v) is 7.64. The van der Waals surface area contributed by atoms with Gasteiger partial charge >= 0.3 is 0 Å². The van der Waals surface area contributed by atoms with Crippen molar-refractivity contribution in [2.24, 2.45) is 0 Å². The number of carbonyl (C=O) groups is 1. The Morgan fingerprint density at radius 2 is 2.30 bits per heavy atom. The fourth-order valence-corrected chi connectivity index (χ4v) is 4.61. The number of anilines is 2. The molecule has 1 aliphatic rings. The summed E-state index contributed by atoms with van der Waals surface area (Å²) in [5.41, 5.74) is 6.61. The first-order chi connectivity index (χ1) is 9.74. The van der Waals surface area contributed by atoms with Crippen molar-refractivity contribution in [2.45, 2.75) is 9.10 Å². The highest BCUT2D eigenvalue weighted by Crippen LogP contribution is 2.35. The molecule has 1 aromatic carbocycles. The van der Waals surface area contributed by atoms with Crippen molar-refractivity contribution in [2.75, 3.05) is 28.7 Å². The molecule has 0 unspecified atom stereocenters. The molecule has 4 nitrogen and oxygen atoms in total. The third-order valence-electron chi connectivity index (χ3n) is 2.87. The Bertz CT molecular complexity index is 629. The molecule has 0 spiro atoms. The average molecular weight is 323 g/mol. The van der Waals surface area contributed by atoms with E-state index in [2.05, 4.69) is 11.1 Å². The van der Waals surface area contributed by atoms with E-state index in [1.54, 1.807) is 18.0 Å². The van der Waals surface area contributed by atoms with Gasteiger partial charge in [-0.3, -0.25) is 4.79 Å². The largest absolute Gasteiger partial charge is 0.375 e. The zero-order valence-corrected chi connectivity index (χ0v) is 13.1. The maximum absolute atomic E-state index is 12.4. The number of carbonyl (C=O) groups excluding carboxylic acids is 1. The second kappa shape index (κ2) is 6.07. The van der Waals surface area contributed by atoms with Gasteiger partial charge in [-0.1, -0.05) is 23.5 Å². The van der Waals surface area contributed by atoms with Crippen LogP contribution in [0.2, 0.25) is 0 Å². The highest BCUT2D eigenvalue weighted by molar-refractivity contribution is 8.01. The molecule has 0 radical (unpaired) electrons. The quantitative estimate of drug-likeness (QED) is 0.880. The van der Waals surface area contributed by atoms with Crippen LogP contribution in [0.25, 0.3) is 0 Å². The standard InChI is InChI=1S/C13H13N3OS3/c14-13-15-7-12(20-13)19-8-11(17)16-5-6-18-10-4-2-1-3-9(10)16/h1-4,7H,5-6,8H2,(H2,14,15). The van der Waals surface area contributed by atoms with Crippen molar-refractivity contribution < 1.29 is 4.79 Å². The summed E-state index contributed by atoms with van der Waals surface area (Å²) in [5, 5.41) is 0.541. The van der Waals surface area contributed by atoms with Crippen LogP contribution in [-0.4, -0.2) is 28.9 Å². The summed E-state index contributed by atoms with van der Waals surface area (Å²) in [4.78, 5) is 19.4. The second-order valence-electron chi connectivity index (χ2n) is 4.17. The van der Waals surface area contributed by atoms with Crippen molar-refractivity contribution in [1.29, 1.82) is 0 Å². The van der Waals surface area contributed by atoms with Crippen molar-refractivity contribution in [1.82, 2.24) is 4.98 Å². The lowest BCUT2D eigenvalue weighted by atomic mass is 10.3. The Labute approximate surface area is 129 Å². The first-order valence-corrected chi connectivity index (χ1v) is 8.89. The molecule has 1 aliphatic heterocycles. The van der Waals surface area contributed by atoms with E-state index in [0.29, 0.717) is 10.9 Å². The number of para-hydroxylation sites is 1. The molecule has 0 aliphatic carbocycles. The van der Waals surface area contributed by atoms with Crippen LogP contribution in [0.15, 0.2) is 39.6 Å². The van der Waals surface area contributed by atoms with Gasteiger partial charge < -0.3 is 10.6 Å². The van der Waals surface area contributed by atoms with Crippen LogP contribution in [0, 0.1) is 0 Å². The average Bonchev–Trinajstić information content (AvgIpc) is 2.90. The SMILES string of the molecule is Nc1ncc(SCC(=O)N2CCSc3ccccc32)s1. The number of aromatic nitrogens is 1. The van der Waals surface area contributed by atoms with E-state index < -0.39 is 0 Å². The van der Waals surface area contributed by atoms with Crippen LogP contribution < -0.4 is 10.6 Å². The Hall–Kier alpha value is -1.18. The first-order valence-electron chi connectivity index (χ1n) is 6.10. The maximum atomic E-state index is 12.4. The van der Waals surface area contributed by atoms with Gasteiger partial charge in [0.15, 0.2) is 5.13 Å². The normalized spacial score (nSPS) is 14.1. The number of hydrogen-bond donors (Lipinski definition) is 1. The summed E-state index contributed by atoms with van der Waals surface area (Å²) in [6.45, 7) is 0.770. The molecule has 2 N–H and O–H groups in total. The van der Waals surface area contributed by atoms with Crippen LogP contribution in [-0.2, 0) is 4.79 Å². The van der Waals surface area contributed by atoms with Crippen LogP contribution in [0.4, 0.5) is 10.8 Å². The number of thioether (sulfide) groups is 2. The molecule has 2 aromatic rings. The number of amides is 1. The molecule has 0 fully saturated rings. The molecule has 0 atom stereocenters. The smallest absolute Gasteiger partial charge is 0.237 e. The summed E-state index contributed by atoms with van der Waals surface area (Å²) in [5.74, 6) is 1.50. The van der Waals surface area contributed by atoms with Gasteiger partial charge in [0.1, 0.15) is 0 Å². The molecule has 1 aromatic heterocycles. The molecule has 0 saturated heterocycles. The minimum absolute atomic E-state index is 0.134. The van der Waals surface area contributed by atoms with E-state index >= 15 is 0 Å². The van der Waals surface area contributed by atoms with Gasteiger partial charge in [0.2, 0.25) is 5.91 Å². The zero-order chi connectivity index (χ0) is 13.9. The lowest BCUT2D eigenvalue weighted by molar-refractivity contribution is -0.116. The number of benzene rings is 1. The number of nitrogens with zero attached hydrogens (tertiary/aromatic N) is 2. The number of fused-ring (bicyclic) bond motifs is 1. The molecule has 2 heterocycles. The summed E-state index contributed by atoms with van der Waals surface area (Å²) >= 11 is 4.71. The molecule has 0 bridgehead atoms. The molecule has 20 heavy (non-hydrogen) atoms. The highest BCUT2D eigenvalue weighted by Gasteiger charge is 2.22. The van der Waals surface area contributed by atoms with Crippen LogP contribution >= 0.6 is 34.9 Å². The maximum Gasteiger partial charge on any atom is 0.237 e. The lowest BCUT2D eigenvalue weighted by Gasteiger charge is -2.28. The number of nitrogen functional groups attached to an aromatic ring is 1. The predicted molar refractivity (Wildman–Crippen MR) is 86.8 cm³/mol. The van der Waals surface area contributed by atoms with Gasteiger partial charge in [-0.25, -0.2) is 4.98 Å². The Balaban J connectivity index is 1.69. The fraction of sp³-hybridized carbons (Fsp3) is 0.231. The van der Waals surface area contributed by atoms with E-state index in [1.165, 1.54) is 28.0 Å². The van der Waals surface area contributed by atoms with Crippen molar-refractivity contribution in [3.05, 3.63) is 30.5 Å². The third-order valence-corrected chi connectivity index (χ3v) is 5.92. The van der Waals surface area contributed by atoms with Crippen LogP contribution in [0.1, 0.15) is 0 Å². The van der Waals surface area contributed by atoms with Gasteiger partial charge in [0, 0.05) is 17.2 Å². The number of rotatable bonds is 3. The van der Waals surface area contributed by atoms with Crippen LogP contribution in [0.3, 0.4) is 0 Å². The number of hydrogen-bond acceptors (Lipinski definition) is 6. The summed E-state index contributed by atoms with van der Waals surface area (Å²) in [7, 11) is 0. The van der Waals surface area contributed by atoms with E-state index in [1.807, 2.05) is 23.1 Å². The van der Waals surface area contributed by atoms with Gasteiger partial charge in [0.25, 0.3) is 0 Å². The molecular weight excluding hydrogens is 310 g/mol. The number of thiazole rings is 1. The third kappa shape index (κ3) is 2.94. The predicted octanol–water partition coefficient (Wildman–Crippen LogP) is 2.96. The Morgan fingerprint density at radius 3 is 3.10 bits per heavy atom.